The standard InChI is InChI=1S/C13H17F3N2O2/c1-20-11-6-3-2-5-10(11)18-12(19)9-17-8-4-7-13(14,15)16/h2-3,5-6,17H,4,7-9H2,1H3,(H,18,19). The third-order valence-corrected chi connectivity index (χ3v) is 2.48. The minimum atomic E-state index is -4.15. The maximum absolute atomic E-state index is 11.9. The number of benzene rings is 1. The van der Waals surface area contributed by atoms with E-state index in [1.807, 2.05) is 0 Å². The third kappa shape index (κ3) is 6.42. The summed E-state index contributed by atoms with van der Waals surface area (Å²) in [5.41, 5.74) is 0.525. The topological polar surface area (TPSA) is 50.4 Å². The highest BCUT2D eigenvalue weighted by molar-refractivity contribution is 5.93. The maximum atomic E-state index is 11.9. The Kier molecular flexibility index (Phi) is 6.30. The van der Waals surface area contributed by atoms with E-state index in [0.29, 0.717) is 11.4 Å². The Morgan fingerprint density at radius 2 is 2.00 bits per heavy atom. The van der Waals surface area contributed by atoms with Crippen LogP contribution in [-0.2, 0) is 4.79 Å². The van der Waals surface area contributed by atoms with Crippen molar-refractivity contribution < 1.29 is 22.7 Å². The Labute approximate surface area is 115 Å². The number of hydrogen-bond acceptors (Lipinski definition) is 3. The van der Waals surface area contributed by atoms with Crippen LogP contribution in [0.1, 0.15) is 12.8 Å². The first kappa shape index (κ1) is 16.3. The van der Waals surface area contributed by atoms with E-state index in [2.05, 4.69) is 10.6 Å². The lowest BCUT2D eigenvalue weighted by molar-refractivity contribution is -0.135. The van der Waals surface area contributed by atoms with Gasteiger partial charge < -0.3 is 15.4 Å². The predicted octanol–water partition coefficient (Wildman–Crippen LogP) is 2.57. The van der Waals surface area contributed by atoms with E-state index in [9.17, 15) is 18.0 Å². The number of carbonyl (C=O) groups excluding carboxylic acids is 1. The summed E-state index contributed by atoms with van der Waals surface area (Å²) < 4.78 is 40.7. The molecular formula is C13H17F3N2O2. The van der Waals surface area contributed by atoms with Crippen molar-refractivity contribution in [1.82, 2.24) is 5.32 Å². The molecule has 112 valence electrons. The van der Waals surface area contributed by atoms with Crippen molar-refractivity contribution in [2.75, 3.05) is 25.5 Å². The monoisotopic (exact) mass is 290 g/mol. The number of para-hydroxylation sites is 2. The molecule has 0 atom stereocenters. The first-order valence-electron chi connectivity index (χ1n) is 6.13. The van der Waals surface area contributed by atoms with E-state index >= 15 is 0 Å². The van der Waals surface area contributed by atoms with Crippen LogP contribution in [0.25, 0.3) is 0 Å². The molecule has 0 aliphatic rings. The van der Waals surface area contributed by atoms with Crippen molar-refractivity contribution in [2.24, 2.45) is 0 Å². The van der Waals surface area contributed by atoms with Crippen molar-refractivity contribution in [1.29, 1.82) is 0 Å². The summed E-state index contributed by atoms with van der Waals surface area (Å²) >= 11 is 0. The molecule has 1 rings (SSSR count). The number of ether oxygens (including phenoxy) is 1. The van der Waals surface area contributed by atoms with Crippen LogP contribution >= 0.6 is 0 Å². The number of hydrogen-bond donors (Lipinski definition) is 2. The molecule has 0 aliphatic heterocycles. The highest BCUT2D eigenvalue weighted by Crippen LogP contribution is 2.22. The van der Waals surface area contributed by atoms with Gasteiger partial charge in [-0.05, 0) is 25.1 Å². The predicted molar refractivity (Wildman–Crippen MR) is 69.8 cm³/mol. The molecule has 2 N–H and O–H groups in total. The van der Waals surface area contributed by atoms with Crippen LogP contribution < -0.4 is 15.4 Å². The number of methoxy groups -OCH3 is 1. The molecule has 4 nitrogen and oxygen atoms in total. The van der Waals surface area contributed by atoms with Crippen LogP contribution in [0, 0.1) is 0 Å². The molecule has 0 fully saturated rings. The molecule has 0 aliphatic carbocycles. The highest BCUT2D eigenvalue weighted by atomic mass is 19.4. The van der Waals surface area contributed by atoms with Gasteiger partial charge in [0, 0.05) is 6.42 Å². The van der Waals surface area contributed by atoms with Gasteiger partial charge in [0.1, 0.15) is 5.75 Å². The smallest absolute Gasteiger partial charge is 0.389 e. The minimum absolute atomic E-state index is 0.0457. The number of rotatable bonds is 7. The summed E-state index contributed by atoms with van der Waals surface area (Å²) in [6.07, 6.45) is -5.05. The van der Waals surface area contributed by atoms with E-state index in [0.717, 1.165) is 0 Å². The van der Waals surface area contributed by atoms with Gasteiger partial charge in [-0.2, -0.15) is 13.2 Å². The van der Waals surface area contributed by atoms with Crippen LogP contribution in [-0.4, -0.2) is 32.3 Å². The van der Waals surface area contributed by atoms with Gasteiger partial charge in [0.15, 0.2) is 0 Å². The molecule has 0 aromatic heterocycles. The molecule has 1 aromatic carbocycles. The maximum Gasteiger partial charge on any atom is 0.389 e. The second kappa shape index (κ2) is 7.74. The lowest BCUT2D eigenvalue weighted by Crippen LogP contribution is -2.29. The molecule has 1 aromatic rings. The molecule has 0 spiro atoms. The van der Waals surface area contributed by atoms with Gasteiger partial charge in [0.2, 0.25) is 5.91 Å². The SMILES string of the molecule is COc1ccccc1NC(=O)CNCCCC(F)(F)F. The molecule has 0 bridgehead atoms. The van der Waals surface area contributed by atoms with Crippen LogP contribution in [0.3, 0.4) is 0 Å². The van der Waals surface area contributed by atoms with Gasteiger partial charge in [-0.3, -0.25) is 4.79 Å². The summed E-state index contributed by atoms with van der Waals surface area (Å²) in [7, 11) is 1.49. The minimum Gasteiger partial charge on any atom is -0.495 e. The largest absolute Gasteiger partial charge is 0.495 e. The van der Waals surface area contributed by atoms with Crippen LogP contribution in [0.15, 0.2) is 24.3 Å². The molecule has 0 saturated carbocycles. The summed E-state index contributed by atoms with van der Waals surface area (Å²) in [5.74, 6) is 0.194. The number of carbonyl (C=O) groups is 1. The Bertz CT molecular complexity index is 436. The van der Waals surface area contributed by atoms with E-state index in [1.165, 1.54) is 7.11 Å². The summed E-state index contributed by atoms with van der Waals surface area (Å²) in [6, 6.07) is 6.89. The zero-order chi connectivity index (χ0) is 15.0. The van der Waals surface area contributed by atoms with Gasteiger partial charge >= 0.3 is 6.18 Å². The fourth-order valence-electron chi connectivity index (χ4n) is 1.56. The second-order valence-corrected chi connectivity index (χ2v) is 4.14. The quantitative estimate of drug-likeness (QED) is 0.759. The molecule has 20 heavy (non-hydrogen) atoms. The lowest BCUT2D eigenvalue weighted by Gasteiger charge is -2.10. The highest BCUT2D eigenvalue weighted by Gasteiger charge is 2.25. The fourth-order valence-corrected chi connectivity index (χ4v) is 1.56. The van der Waals surface area contributed by atoms with Gasteiger partial charge in [-0.15, -0.1) is 0 Å². The van der Waals surface area contributed by atoms with Gasteiger partial charge in [-0.25, -0.2) is 0 Å². The van der Waals surface area contributed by atoms with Crippen molar-refractivity contribution in [3.63, 3.8) is 0 Å². The second-order valence-electron chi connectivity index (χ2n) is 4.14. The van der Waals surface area contributed by atoms with Crippen LogP contribution in [0.5, 0.6) is 5.75 Å². The Morgan fingerprint density at radius 1 is 1.30 bits per heavy atom. The summed E-state index contributed by atoms with van der Waals surface area (Å²) in [6.45, 7) is 0.0920. The molecule has 0 heterocycles. The fraction of sp³-hybridized carbons (Fsp3) is 0.462. The summed E-state index contributed by atoms with van der Waals surface area (Å²) in [5, 5.41) is 5.28. The first-order valence-corrected chi connectivity index (χ1v) is 6.13. The van der Waals surface area contributed by atoms with Crippen molar-refractivity contribution >= 4 is 11.6 Å². The molecule has 1 amide bonds. The van der Waals surface area contributed by atoms with Crippen LogP contribution in [0.4, 0.5) is 18.9 Å². The molecule has 7 heteroatoms. The van der Waals surface area contributed by atoms with E-state index in [-0.39, 0.29) is 25.4 Å². The number of nitrogens with one attached hydrogen (secondary N) is 2. The van der Waals surface area contributed by atoms with E-state index in [4.69, 9.17) is 4.74 Å². The molecular weight excluding hydrogens is 273 g/mol. The number of alkyl halides is 3. The van der Waals surface area contributed by atoms with Crippen molar-refractivity contribution in [3.05, 3.63) is 24.3 Å². The Hall–Kier alpha value is -1.76. The number of halogens is 3. The Balaban J connectivity index is 2.27. The van der Waals surface area contributed by atoms with Crippen molar-refractivity contribution in [3.8, 4) is 5.75 Å². The Morgan fingerprint density at radius 3 is 2.65 bits per heavy atom. The average Bonchev–Trinajstić information content (AvgIpc) is 2.37. The van der Waals surface area contributed by atoms with Gasteiger partial charge in [0.25, 0.3) is 0 Å². The van der Waals surface area contributed by atoms with Crippen molar-refractivity contribution in [2.45, 2.75) is 19.0 Å². The molecule has 0 unspecified atom stereocenters. The zero-order valence-corrected chi connectivity index (χ0v) is 11.1. The normalized spacial score (nSPS) is 11.2. The van der Waals surface area contributed by atoms with Gasteiger partial charge in [-0.1, -0.05) is 12.1 Å². The number of amides is 1. The van der Waals surface area contributed by atoms with Crippen LogP contribution in [0.2, 0.25) is 0 Å². The average molecular weight is 290 g/mol. The zero-order valence-electron chi connectivity index (χ0n) is 11.1. The molecule has 0 radical (unpaired) electrons. The van der Waals surface area contributed by atoms with E-state index in [1.54, 1.807) is 24.3 Å². The first-order chi connectivity index (χ1) is 9.42. The number of anilines is 1. The molecule has 0 saturated heterocycles. The lowest BCUT2D eigenvalue weighted by atomic mass is 10.3. The summed E-state index contributed by atoms with van der Waals surface area (Å²) in [4.78, 5) is 11.6. The van der Waals surface area contributed by atoms with Gasteiger partial charge in [0.05, 0.1) is 19.3 Å². The third-order valence-electron chi connectivity index (χ3n) is 2.48. The van der Waals surface area contributed by atoms with E-state index < -0.39 is 12.6 Å².